The average molecular weight is 391 g/mol. The molecule has 0 bridgehead atoms. The Morgan fingerprint density at radius 2 is 1.80 bits per heavy atom. The minimum Gasteiger partial charge on any atom is -0.324 e. The van der Waals surface area contributed by atoms with Crippen LogP contribution in [-0.4, -0.2) is 12.5 Å². The predicted octanol–water partition coefficient (Wildman–Crippen LogP) is 5.30. The summed E-state index contributed by atoms with van der Waals surface area (Å²) < 4.78 is 39.0. The fourth-order valence-electron chi connectivity index (χ4n) is 2.19. The molecule has 1 unspecified atom stereocenters. The highest BCUT2D eigenvalue weighted by molar-refractivity contribution is 6.31. The molecule has 2 aromatic rings. The quantitative estimate of drug-likeness (QED) is 0.726. The minimum absolute atomic E-state index is 0.0574. The third-order valence-electron chi connectivity index (χ3n) is 3.48. The van der Waals surface area contributed by atoms with Crippen molar-refractivity contribution in [2.24, 2.45) is 0 Å². The first-order valence-corrected chi connectivity index (χ1v) is 8.08. The van der Waals surface area contributed by atoms with Gasteiger partial charge in [0, 0.05) is 16.1 Å². The van der Waals surface area contributed by atoms with E-state index in [0.717, 1.165) is 17.7 Å². The number of hydrogen-bond acceptors (Lipinski definition) is 2. The summed E-state index contributed by atoms with van der Waals surface area (Å²) in [5, 5.41) is 5.70. The Morgan fingerprint density at radius 1 is 1.12 bits per heavy atom. The lowest BCUT2D eigenvalue weighted by molar-refractivity contribution is -0.137. The second-order valence-electron chi connectivity index (χ2n) is 5.39. The molecule has 0 spiro atoms. The van der Waals surface area contributed by atoms with Gasteiger partial charge in [0.05, 0.1) is 17.8 Å². The van der Waals surface area contributed by atoms with Crippen molar-refractivity contribution in [2.45, 2.75) is 19.1 Å². The maximum atomic E-state index is 13.0. The molecule has 2 N–H and O–H groups in total. The predicted molar refractivity (Wildman–Crippen MR) is 93.0 cm³/mol. The van der Waals surface area contributed by atoms with E-state index in [4.69, 9.17) is 23.2 Å². The third kappa shape index (κ3) is 5.63. The van der Waals surface area contributed by atoms with E-state index in [-0.39, 0.29) is 23.3 Å². The monoisotopic (exact) mass is 390 g/mol. The molecule has 134 valence electrons. The van der Waals surface area contributed by atoms with Gasteiger partial charge in [-0.05, 0) is 42.8 Å². The van der Waals surface area contributed by atoms with Gasteiger partial charge in [-0.25, -0.2) is 0 Å². The Bertz CT molecular complexity index is 766. The van der Waals surface area contributed by atoms with Crippen molar-refractivity contribution < 1.29 is 18.0 Å². The highest BCUT2D eigenvalue weighted by Crippen LogP contribution is 2.36. The molecule has 1 atom stereocenters. The smallest absolute Gasteiger partial charge is 0.324 e. The second-order valence-corrected chi connectivity index (χ2v) is 6.27. The zero-order valence-electron chi connectivity index (χ0n) is 13.1. The lowest BCUT2D eigenvalue weighted by Crippen LogP contribution is -2.30. The number of nitrogens with one attached hydrogen (secondary N) is 2. The molecule has 0 aliphatic rings. The van der Waals surface area contributed by atoms with Gasteiger partial charge in [0.15, 0.2) is 0 Å². The molecule has 0 saturated carbocycles. The molecule has 0 radical (unpaired) electrons. The Morgan fingerprint density at radius 3 is 2.44 bits per heavy atom. The number of rotatable bonds is 5. The van der Waals surface area contributed by atoms with E-state index in [9.17, 15) is 18.0 Å². The van der Waals surface area contributed by atoms with E-state index >= 15 is 0 Å². The summed E-state index contributed by atoms with van der Waals surface area (Å²) in [7, 11) is 0. The van der Waals surface area contributed by atoms with E-state index in [2.05, 4.69) is 10.6 Å². The molecule has 0 aliphatic heterocycles. The van der Waals surface area contributed by atoms with Gasteiger partial charge in [0.1, 0.15) is 0 Å². The third-order valence-corrected chi connectivity index (χ3v) is 3.95. The van der Waals surface area contributed by atoms with Gasteiger partial charge in [-0.1, -0.05) is 35.3 Å². The molecule has 0 heterocycles. The van der Waals surface area contributed by atoms with Crippen molar-refractivity contribution in [3.63, 3.8) is 0 Å². The topological polar surface area (TPSA) is 41.1 Å². The van der Waals surface area contributed by atoms with Gasteiger partial charge in [0.2, 0.25) is 5.91 Å². The van der Waals surface area contributed by atoms with E-state index in [1.807, 2.05) is 13.0 Å². The van der Waals surface area contributed by atoms with Crippen LogP contribution in [0.5, 0.6) is 0 Å². The molecule has 8 heteroatoms. The number of anilines is 1. The molecule has 1 amide bonds. The lowest BCUT2D eigenvalue weighted by atomic mass is 10.1. The molecule has 3 nitrogen and oxygen atoms in total. The summed E-state index contributed by atoms with van der Waals surface area (Å²) >= 11 is 11.5. The Labute approximate surface area is 153 Å². The molecule has 2 rings (SSSR count). The minimum atomic E-state index is -4.62. The van der Waals surface area contributed by atoms with Crippen molar-refractivity contribution in [3.8, 4) is 0 Å². The summed E-state index contributed by atoms with van der Waals surface area (Å²) in [6, 6.07) is 10.1. The number of amides is 1. The second kappa shape index (κ2) is 8.08. The zero-order chi connectivity index (χ0) is 18.6. The average Bonchev–Trinajstić information content (AvgIpc) is 2.53. The highest BCUT2D eigenvalue weighted by Gasteiger charge is 2.34. The van der Waals surface area contributed by atoms with Crippen LogP contribution in [0.25, 0.3) is 0 Å². The van der Waals surface area contributed by atoms with Crippen molar-refractivity contribution in [3.05, 3.63) is 63.6 Å². The van der Waals surface area contributed by atoms with Crippen LogP contribution >= 0.6 is 23.2 Å². The van der Waals surface area contributed by atoms with Crippen LogP contribution in [0.15, 0.2) is 42.5 Å². The van der Waals surface area contributed by atoms with Crippen LogP contribution < -0.4 is 10.6 Å². The van der Waals surface area contributed by atoms with Gasteiger partial charge < -0.3 is 10.6 Å². The Hall–Kier alpha value is -1.76. The number of carbonyl (C=O) groups is 1. The molecule has 25 heavy (non-hydrogen) atoms. The fourth-order valence-corrected chi connectivity index (χ4v) is 2.56. The van der Waals surface area contributed by atoms with Crippen LogP contribution in [0.1, 0.15) is 24.1 Å². The fraction of sp³-hybridized carbons (Fsp3) is 0.235. The summed E-state index contributed by atoms with van der Waals surface area (Å²) in [6.45, 7) is 1.66. The van der Waals surface area contributed by atoms with Crippen molar-refractivity contribution in [1.29, 1.82) is 0 Å². The summed E-state index contributed by atoms with van der Waals surface area (Å²) in [5.74, 6) is -0.596. The molecular formula is C17H15Cl2F3N2O. The first kappa shape index (κ1) is 19.6. The SMILES string of the molecule is CC(NCC(=O)Nc1ccc(Cl)cc1C(F)(F)F)c1cccc(Cl)c1. The standard InChI is InChI=1S/C17H15Cl2F3N2O/c1-10(11-3-2-4-12(18)7-11)23-9-16(25)24-15-6-5-13(19)8-14(15)17(20,21)22/h2-8,10,23H,9H2,1H3,(H,24,25). The van der Waals surface area contributed by atoms with Gasteiger partial charge in [0.25, 0.3) is 0 Å². The number of halogens is 5. The Kier molecular flexibility index (Phi) is 6.32. The zero-order valence-corrected chi connectivity index (χ0v) is 14.6. The van der Waals surface area contributed by atoms with E-state index in [1.165, 1.54) is 6.07 Å². The number of alkyl halides is 3. The van der Waals surface area contributed by atoms with E-state index in [1.54, 1.807) is 18.2 Å². The van der Waals surface area contributed by atoms with Gasteiger partial charge >= 0.3 is 6.18 Å². The van der Waals surface area contributed by atoms with Crippen LogP contribution in [0.4, 0.5) is 18.9 Å². The van der Waals surface area contributed by atoms with E-state index < -0.39 is 17.6 Å². The van der Waals surface area contributed by atoms with Gasteiger partial charge in [-0.3, -0.25) is 4.79 Å². The first-order valence-electron chi connectivity index (χ1n) is 7.32. The maximum absolute atomic E-state index is 13.0. The van der Waals surface area contributed by atoms with Crippen LogP contribution in [-0.2, 0) is 11.0 Å². The lowest BCUT2D eigenvalue weighted by Gasteiger charge is -2.16. The molecule has 0 aliphatic carbocycles. The van der Waals surface area contributed by atoms with Gasteiger partial charge in [-0.15, -0.1) is 0 Å². The summed E-state index contributed by atoms with van der Waals surface area (Å²) in [6.07, 6.45) is -4.62. The molecular weight excluding hydrogens is 376 g/mol. The van der Waals surface area contributed by atoms with Crippen molar-refractivity contribution in [1.82, 2.24) is 5.32 Å². The molecule has 0 aromatic heterocycles. The molecule has 0 fully saturated rings. The maximum Gasteiger partial charge on any atom is 0.418 e. The number of hydrogen-bond donors (Lipinski definition) is 2. The summed E-state index contributed by atoms with van der Waals surface area (Å²) in [4.78, 5) is 12.0. The number of carbonyl (C=O) groups excluding carboxylic acids is 1. The largest absolute Gasteiger partial charge is 0.418 e. The molecule has 0 saturated heterocycles. The molecule has 2 aromatic carbocycles. The van der Waals surface area contributed by atoms with Crippen molar-refractivity contribution in [2.75, 3.05) is 11.9 Å². The normalized spacial score (nSPS) is 12.7. The van der Waals surface area contributed by atoms with Crippen LogP contribution in [0, 0.1) is 0 Å². The Balaban J connectivity index is 2.01. The highest BCUT2D eigenvalue weighted by atomic mass is 35.5. The van der Waals surface area contributed by atoms with Crippen molar-refractivity contribution >= 4 is 34.8 Å². The number of benzene rings is 2. The van der Waals surface area contributed by atoms with Crippen LogP contribution in [0.2, 0.25) is 10.0 Å². The summed E-state index contributed by atoms with van der Waals surface area (Å²) in [5.41, 5.74) is -0.460. The van der Waals surface area contributed by atoms with Crippen LogP contribution in [0.3, 0.4) is 0 Å². The van der Waals surface area contributed by atoms with E-state index in [0.29, 0.717) is 5.02 Å². The first-order chi connectivity index (χ1) is 11.7. The van der Waals surface area contributed by atoms with Gasteiger partial charge in [-0.2, -0.15) is 13.2 Å².